The number of hydrogen-bond acceptors (Lipinski definition) is 2. The van der Waals surface area contributed by atoms with Gasteiger partial charge in [0.05, 0.1) is 38.8 Å². The SMILES string of the molecule is c1ccc(-c2nc(-n3c4ccccc4c4cc5c6ccccc6n6c7ccccc7c(c43)c56)nc3ccc4ccccc4c23)cc1. The summed E-state index contributed by atoms with van der Waals surface area (Å²) in [5, 5.41) is 10.8. The first-order valence-electron chi connectivity index (χ1n) is 15.7. The van der Waals surface area contributed by atoms with Crippen LogP contribution in [0.2, 0.25) is 0 Å². The third-order valence-corrected chi connectivity index (χ3v) is 9.83. The quantitative estimate of drug-likeness (QED) is 0.190. The fourth-order valence-corrected chi connectivity index (χ4v) is 7.96. The number of para-hydroxylation sites is 3. The van der Waals surface area contributed by atoms with Crippen molar-refractivity contribution in [2.45, 2.75) is 0 Å². The van der Waals surface area contributed by atoms with Crippen LogP contribution in [0.15, 0.2) is 146 Å². The van der Waals surface area contributed by atoms with Crippen LogP contribution in [0.1, 0.15) is 0 Å². The van der Waals surface area contributed by atoms with Gasteiger partial charge in [0.25, 0.3) is 0 Å². The van der Waals surface area contributed by atoms with E-state index in [2.05, 4.69) is 155 Å². The standard InChI is InChI=1S/C42H24N4/c1-2-13-26(14-3-1)39-37-27-15-5-4-12-25(27)22-23-33(37)43-42(44-39)46-35-20-10-7-17-29(35)32-24-31-28-16-6-9-19-34(28)45-36-21-11-8-18-30(36)38(40(31)45)41(32)46/h1-24H. The highest BCUT2D eigenvalue weighted by Crippen LogP contribution is 2.46. The molecule has 0 atom stereocenters. The topological polar surface area (TPSA) is 35.1 Å². The van der Waals surface area contributed by atoms with Crippen LogP contribution in [0, 0.1) is 0 Å². The molecule has 4 heterocycles. The lowest BCUT2D eigenvalue weighted by atomic mass is 10.0. The Labute approximate surface area is 262 Å². The van der Waals surface area contributed by atoms with E-state index in [1.807, 2.05) is 0 Å². The first-order valence-corrected chi connectivity index (χ1v) is 15.7. The van der Waals surface area contributed by atoms with Gasteiger partial charge in [-0.2, -0.15) is 0 Å². The van der Waals surface area contributed by atoms with Crippen molar-refractivity contribution in [3.05, 3.63) is 146 Å². The van der Waals surface area contributed by atoms with Gasteiger partial charge in [0.1, 0.15) is 0 Å². The van der Waals surface area contributed by atoms with Gasteiger partial charge in [-0.25, -0.2) is 9.97 Å². The molecular formula is C42H24N4. The molecule has 0 aliphatic heterocycles. The molecule has 0 spiro atoms. The summed E-state index contributed by atoms with van der Waals surface area (Å²) in [6, 6.07) is 52.0. The molecule has 0 fully saturated rings. The Balaban J connectivity index is 1.38. The predicted molar refractivity (Wildman–Crippen MR) is 191 cm³/mol. The maximum atomic E-state index is 5.48. The predicted octanol–water partition coefficient (Wildman–Crippen LogP) is 10.7. The van der Waals surface area contributed by atoms with Crippen molar-refractivity contribution in [2.75, 3.05) is 0 Å². The van der Waals surface area contributed by atoms with Crippen LogP contribution >= 0.6 is 0 Å². The summed E-state index contributed by atoms with van der Waals surface area (Å²) < 4.78 is 4.75. The lowest BCUT2D eigenvalue weighted by molar-refractivity contribution is 1.02. The Kier molecular flexibility index (Phi) is 4.55. The molecule has 7 aromatic carbocycles. The second-order valence-electron chi connectivity index (χ2n) is 12.2. The van der Waals surface area contributed by atoms with Gasteiger partial charge in [0.2, 0.25) is 5.95 Å². The van der Waals surface area contributed by atoms with Gasteiger partial charge in [0.15, 0.2) is 0 Å². The number of aromatic nitrogens is 4. The molecule has 0 unspecified atom stereocenters. The summed E-state index contributed by atoms with van der Waals surface area (Å²) in [5.74, 6) is 0.676. The average molecular weight is 585 g/mol. The fourth-order valence-electron chi connectivity index (χ4n) is 7.96. The summed E-state index contributed by atoms with van der Waals surface area (Å²) in [7, 11) is 0. The normalized spacial score (nSPS) is 12.3. The van der Waals surface area contributed by atoms with E-state index < -0.39 is 0 Å². The van der Waals surface area contributed by atoms with E-state index in [4.69, 9.17) is 9.97 Å². The lowest BCUT2D eigenvalue weighted by Crippen LogP contribution is -2.04. The Morgan fingerprint density at radius 3 is 1.83 bits per heavy atom. The van der Waals surface area contributed by atoms with E-state index in [0.717, 1.165) is 38.6 Å². The monoisotopic (exact) mass is 584 g/mol. The molecule has 0 N–H and O–H groups in total. The van der Waals surface area contributed by atoms with Crippen LogP contribution in [0.25, 0.3) is 98.8 Å². The number of rotatable bonds is 2. The maximum Gasteiger partial charge on any atom is 0.235 e. The molecule has 4 aromatic heterocycles. The second-order valence-corrected chi connectivity index (χ2v) is 12.2. The zero-order valence-corrected chi connectivity index (χ0v) is 24.6. The van der Waals surface area contributed by atoms with Crippen LogP contribution in [0.4, 0.5) is 0 Å². The first-order chi connectivity index (χ1) is 22.8. The van der Waals surface area contributed by atoms with Crippen molar-refractivity contribution in [3.8, 4) is 17.2 Å². The highest BCUT2D eigenvalue weighted by Gasteiger charge is 2.25. The van der Waals surface area contributed by atoms with Gasteiger partial charge >= 0.3 is 0 Å². The van der Waals surface area contributed by atoms with E-state index in [1.54, 1.807) is 0 Å². The molecule has 0 bridgehead atoms. The van der Waals surface area contributed by atoms with Crippen molar-refractivity contribution in [1.29, 1.82) is 0 Å². The molecule has 0 saturated carbocycles. The van der Waals surface area contributed by atoms with Gasteiger partial charge in [-0.15, -0.1) is 0 Å². The summed E-state index contributed by atoms with van der Waals surface area (Å²) in [4.78, 5) is 10.9. The molecule has 11 rings (SSSR count). The van der Waals surface area contributed by atoms with Gasteiger partial charge in [-0.3, -0.25) is 4.57 Å². The van der Waals surface area contributed by atoms with Gasteiger partial charge < -0.3 is 4.40 Å². The smallest absolute Gasteiger partial charge is 0.235 e. The molecule has 0 saturated heterocycles. The van der Waals surface area contributed by atoms with E-state index >= 15 is 0 Å². The Bertz CT molecular complexity index is 3020. The third kappa shape index (κ3) is 2.98. The molecule has 46 heavy (non-hydrogen) atoms. The number of nitrogens with zero attached hydrogens (tertiary/aromatic N) is 4. The van der Waals surface area contributed by atoms with Crippen molar-refractivity contribution in [3.63, 3.8) is 0 Å². The third-order valence-electron chi connectivity index (χ3n) is 9.83. The molecule has 11 aromatic rings. The van der Waals surface area contributed by atoms with Crippen LogP contribution in [0.3, 0.4) is 0 Å². The summed E-state index contributed by atoms with van der Waals surface area (Å²) in [6.45, 7) is 0. The summed E-state index contributed by atoms with van der Waals surface area (Å²) >= 11 is 0. The molecule has 4 nitrogen and oxygen atoms in total. The zero-order valence-electron chi connectivity index (χ0n) is 24.6. The van der Waals surface area contributed by atoms with Gasteiger partial charge in [0, 0.05) is 43.3 Å². The minimum Gasteiger partial charge on any atom is -0.308 e. The van der Waals surface area contributed by atoms with Crippen LogP contribution < -0.4 is 0 Å². The molecule has 0 amide bonds. The molecule has 212 valence electrons. The molecule has 0 radical (unpaired) electrons. The number of benzene rings is 7. The molecular weight excluding hydrogens is 560 g/mol. The van der Waals surface area contributed by atoms with E-state index in [0.29, 0.717) is 5.95 Å². The molecule has 0 aliphatic rings. The van der Waals surface area contributed by atoms with Crippen molar-refractivity contribution < 1.29 is 0 Å². The van der Waals surface area contributed by atoms with Crippen molar-refractivity contribution in [1.82, 2.24) is 18.9 Å². The Morgan fingerprint density at radius 1 is 0.413 bits per heavy atom. The van der Waals surface area contributed by atoms with Crippen LogP contribution in [-0.4, -0.2) is 18.9 Å². The maximum absolute atomic E-state index is 5.48. The highest BCUT2D eigenvalue weighted by molar-refractivity contribution is 6.34. The fraction of sp³-hybridized carbons (Fsp3) is 0. The largest absolute Gasteiger partial charge is 0.308 e. The van der Waals surface area contributed by atoms with Gasteiger partial charge in [-0.1, -0.05) is 115 Å². The molecule has 4 heteroatoms. The van der Waals surface area contributed by atoms with E-state index in [9.17, 15) is 0 Å². The van der Waals surface area contributed by atoms with E-state index in [-0.39, 0.29) is 0 Å². The second kappa shape index (κ2) is 8.68. The van der Waals surface area contributed by atoms with Crippen LogP contribution in [0.5, 0.6) is 0 Å². The Morgan fingerprint density at radius 2 is 1.02 bits per heavy atom. The van der Waals surface area contributed by atoms with E-state index in [1.165, 1.54) is 54.3 Å². The van der Waals surface area contributed by atoms with Gasteiger partial charge in [-0.05, 0) is 41.1 Å². The molecule has 0 aliphatic carbocycles. The summed E-state index contributed by atoms with van der Waals surface area (Å²) in [6.07, 6.45) is 0. The number of hydrogen-bond donors (Lipinski definition) is 0. The first kappa shape index (κ1) is 24.1. The highest BCUT2D eigenvalue weighted by atomic mass is 15.2. The van der Waals surface area contributed by atoms with Crippen molar-refractivity contribution in [2.24, 2.45) is 0 Å². The Hall–Kier alpha value is -6.26. The minimum atomic E-state index is 0.676. The zero-order chi connectivity index (χ0) is 29.9. The van der Waals surface area contributed by atoms with Crippen LogP contribution in [-0.2, 0) is 0 Å². The average Bonchev–Trinajstić information content (AvgIpc) is 3.76. The lowest BCUT2D eigenvalue weighted by Gasteiger charge is -2.14. The summed E-state index contributed by atoms with van der Waals surface area (Å²) in [5.41, 5.74) is 8.87. The minimum absolute atomic E-state index is 0.676. The number of fused-ring (bicyclic) bond motifs is 13. The van der Waals surface area contributed by atoms with Crippen molar-refractivity contribution >= 4 is 81.6 Å².